The number of hydrogen-bond donors (Lipinski definition) is 1. The van der Waals surface area contributed by atoms with Gasteiger partial charge in [-0.2, -0.15) is 0 Å². The first-order valence-electron chi connectivity index (χ1n) is 8.32. The minimum absolute atomic E-state index is 0.126. The van der Waals surface area contributed by atoms with Gasteiger partial charge in [-0.05, 0) is 12.5 Å². The van der Waals surface area contributed by atoms with Crippen LogP contribution in [0.15, 0.2) is 11.9 Å². The number of allylic oxidation sites excluding steroid dienone is 1. The van der Waals surface area contributed by atoms with E-state index in [1.165, 1.54) is 63.9 Å². The highest BCUT2D eigenvalue weighted by molar-refractivity contribution is 6.18. The zero-order valence-electron chi connectivity index (χ0n) is 13.1. The third kappa shape index (κ3) is 12.9. The van der Waals surface area contributed by atoms with E-state index in [-0.39, 0.29) is 5.88 Å². The van der Waals surface area contributed by atoms with Crippen molar-refractivity contribution >= 4 is 11.6 Å². The predicted octanol–water partition coefficient (Wildman–Crippen LogP) is 6.14. The van der Waals surface area contributed by atoms with Gasteiger partial charge in [-0.1, -0.05) is 77.6 Å². The molecule has 1 atom stereocenters. The van der Waals surface area contributed by atoms with Crippen LogP contribution >= 0.6 is 11.6 Å². The summed E-state index contributed by atoms with van der Waals surface area (Å²) in [5.41, 5.74) is 0. The Hall–Kier alpha value is -0.0800. The summed E-state index contributed by atoms with van der Waals surface area (Å²) < 4.78 is 13.1. The minimum atomic E-state index is -0.952. The first-order valence-corrected chi connectivity index (χ1v) is 8.85. The summed E-state index contributed by atoms with van der Waals surface area (Å²) in [4.78, 5) is 0. The lowest BCUT2D eigenvalue weighted by atomic mass is 10.0. The number of hydrogen-bond acceptors (Lipinski definition) is 1. The van der Waals surface area contributed by atoms with Gasteiger partial charge in [0.25, 0.3) is 0 Å². The molecule has 0 aliphatic rings. The van der Waals surface area contributed by atoms with Crippen molar-refractivity contribution in [2.24, 2.45) is 0 Å². The molecule has 0 aromatic heterocycles. The maximum Gasteiger partial charge on any atom is 0.126 e. The van der Waals surface area contributed by atoms with Gasteiger partial charge >= 0.3 is 0 Å². The van der Waals surface area contributed by atoms with Crippen LogP contribution < -0.4 is 0 Å². The van der Waals surface area contributed by atoms with Crippen molar-refractivity contribution in [2.45, 2.75) is 90.1 Å². The molecule has 0 heterocycles. The highest BCUT2D eigenvalue weighted by atomic mass is 35.5. The normalized spacial score (nSPS) is 13.7. The van der Waals surface area contributed by atoms with Crippen LogP contribution in [0, 0.1) is 0 Å². The second-order valence-corrected chi connectivity index (χ2v) is 5.89. The number of aliphatic hydroxyl groups is 1. The molecule has 0 amide bonds. The van der Waals surface area contributed by atoms with E-state index >= 15 is 0 Å². The maximum absolute atomic E-state index is 13.1. The molecular weight excluding hydrogens is 275 g/mol. The van der Waals surface area contributed by atoms with E-state index in [0.717, 1.165) is 12.8 Å². The van der Waals surface area contributed by atoms with E-state index < -0.39 is 11.9 Å². The van der Waals surface area contributed by atoms with Crippen molar-refractivity contribution in [3.05, 3.63) is 11.9 Å². The standard InChI is InChI=1S/C17H32ClFO/c1-2-3-4-5-6-7-8-9-10-11-12-13-17(20)16(19)14-15-18/h14,17,20H,2-13,15H2,1H3/b16-14-. The molecule has 0 aliphatic carbocycles. The van der Waals surface area contributed by atoms with Gasteiger partial charge in [0.05, 0.1) is 0 Å². The molecule has 1 unspecified atom stereocenters. The molecule has 0 saturated heterocycles. The van der Waals surface area contributed by atoms with Gasteiger partial charge in [0.1, 0.15) is 11.9 Å². The van der Waals surface area contributed by atoms with Crippen LogP contribution in [0.4, 0.5) is 4.39 Å². The van der Waals surface area contributed by atoms with Crippen molar-refractivity contribution in [2.75, 3.05) is 5.88 Å². The van der Waals surface area contributed by atoms with Gasteiger partial charge in [0, 0.05) is 5.88 Å². The molecule has 120 valence electrons. The molecule has 0 aromatic carbocycles. The molecule has 0 rings (SSSR count). The van der Waals surface area contributed by atoms with Crippen LogP contribution in [0.2, 0.25) is 0 Å². The fourth-order valence-electron chi connectivity index (χ4n) is 2.35. The molecule has 0 aromatic rings. The Morgan fingerprint density at radius 2 is 1.40 bits per heavy atom. The minimum Gasteiger partial charge on any atom is -0.386 e. The smallest absolute Gasteiger partial charge is 0.126 e. The van der Waals surface area contributed by atoms with Gasteiger partial charge in [0.2, 0.25) is 0 Å². The molecule has 3 heteroatoms. The third-order valence-corrected chi connectivity index (χ3v) is 3.83. The molecule has 0 aliphatic heterocycles. The Balaban J connectivity index is 3.22. The first-order chi connectivity index (χ1) is 9.72. The summed E-state index contributed by atoms with van der Waals surface area (Å²) in [5.74, 6) is -0.353. The van der Waals surface area contributed by atoms with Crippen molar-refractivity contribution < 1.29 is 9.50 Å². The predicted molar refractivity (Wildman–Crippen MR) is 87.0 cm³/mol. The van der Waals surface area contributed by atoms with E-state index in [2.05, 4.69) is 6.92 Å². The van der Waals surface area contributed by atoms with Crippen LogP contribution in [0.3, 0.4) is 0 Å². The molecular formula is C17H32ClFO. The van der Waals surface area contributed by atoms with Gasteiger partial charge in [-0.3, -0.25) is 0 Å². The highest BCUT2D eigenvalue weighted by Crippen LogP contribution is 2.15. The lowest BCUT2D eigenvalue weighted by Gasteiger charge is -2.08. The average Bonchev–Trinajstić information content (AvgIpc) is 2.44. The van der Waals surface area contributed by atoms with Gasteiger partial charge < -0.3 is 5.11 Å². The van der Waals surface area contributed by atoms with Crippen molar-refractivity contribution in [1.82, 2.24) is 0 Å². The second-order valence-electron chi connectivity index (χ2n) is 5.58. The zero-order valence-corrected chi connectivity index (χ0v) is 13.8. The summed E-state index contributed by atoms with van der Waals surface area (Å²) in [7, 11) is 0. The van der Waals surface area contributed by atoms with Gasteiger partial charge in [-0.15, -0.1) is 11.6 Å². The number of alkyl halides is 1. The number of unbranched alkanes of at least 4 members (excludes halogenated alkanes) is 10. The first kappa shape index (κ1) is 19.9. The maximum atomic E-state index is 13.1. The molecule has 0 saturated carbocycles. The van der Waals surface area contributed by atoms with Crippen LogP contribution in [0.25, 0.3) is 0 Å². The monoisotopic (exact) mass is 306 g/mol. The van der Waals surface area contributed by atoms with E-state index in [1.807, 2.05) is 0 Å². The zero-order chi connectivity index (χ0) is 15.1. The van der Waals surface area contributed by atoms with E-state index in [1.54, 1.807) is 0 Å². The van der Waals surface area contributed by atoms with Crippen molar-refractivity contribution in [3.8, 4) is 0 Å². The number of halogens is 2. The Kier molecular flexibility index (Phi) is 15.3. The summed E-state index contributed by atoms with van der Waals surface area (Å²) in [6.45, 7) is 2.24. The molecule has 20 heavy (non-hydrogen) atoms. The fraction of sp³-hybridized carbons (Fsp3) is 0.882. The Bertz CT molecular complexity index is 231. The molecule has 0 bridgehead atoms. The summed E-state index contributed by atoms with van der Waals surface area (Å²) >= 11 is 5.39. The van der Waals surface area contributed by atoms with Crippen LogP contribution in [0.1, 0.15) is 84.0 Å². The van der Waals surface area contributed by atoms with Crippen LogP contribution in [0.5, 0.6) is 0 Å². The second kappa shape index (κ2) is 15.3. The number of aliphatic hydroxyl groups excluding tert-OH is 1. The number of rotatable bonds is 14. The Morgan fingerprint density at radius 1 is 0.950 bits per heavy atom. The summed E-state index contributed by atoms with van der Waals surface area (Å²) in [5, 5.41) is 9.49. The van der Waals surface area contributed by atoms with Gasteiger partial charge in [0.15, 0.2) is 0 Å². The topological polar surface area (TPSA) is 20.2 Å². The van der Waals surface area contributed by atoms with Crippen molar-refractivity contribution in [1.29, 1.82) is 0 Å². The molecule has 1 N–H and O–H groups in total. The molecule has 0 spiro atoms. The lowest BCUT2D eigenvalue weighted by Crippen LogP contribution is -2.07. The Labute approximate surface area is 129 Å². The van der Waals surface area contributed by atoms with Crippen LogP contribution in [-0.4, -0.2) is 17.1 Å². The van der Waals surface area contributed by atoms with E-state index in [4.69, 9.17) is 11.6 Å². The molecule has 0 fully saturated rings. The quantitative estimate of drug-likeness (QED) is 0.302. The third-order valence-electron chi connectivity index (χ3n) is 3.67. The van der Waals surface area contributed by atoms with Crippen LogP contribution in [-0.2, 0) is 0 Å². The van der Waals surface area contributed by atoms with Gasteiger partial charge in [-0.25, -0.2) is 4.39 Å². The summed E-state index contributed by atoms with van der Waals surface area (Å²) in [6, 6.07) is 0. The van der Waals surface area contributed by atoms with E-state index in [9.17, 15) is 9.50 Å². The average molecular weight is 307 g/mol. The summed E-state index contributed by atoms with van der Waals surface area (Å²) in [6.07, 6.45) is 14.7. The molecule has 1 nitrogen and oxygen atoms in total. The lowest BCUT2D eigenvalue weighted by molar-refractivity contribution is 0.168. The SMILES string of the molecule is CCCCCCCCCCCCCC(O)/C(F)=C/CCl. The highest BCUT2D eigenvalue weighted by Gasteiger charge is 2.08. The largest absolute Gasteiger partial charge is 0.386 e. The molecule has 0 radical (unpaired) electrons. The Morgan fingerprint density at radius 3 is 1.85 bits per heavy atom. The fourth-order valence-corrected chi connectivity index (χ4v) is 2.50. The van der Waals surface area contributed by atoms with E-state index in [0.29, 0.717) is 6.42 Å². The van der Waals surface area contributed by atoms with Crippen molar-refractivity contribution in [3.63, 3.8) is 0 Å².